The summed E-state index contributed by atoms with van der Waals surface area (Å²) in [5.74, 6) is 1.16. The highest BCUT2D eigenvalue weighted by Gasteiger charge is 2.47. The summed E-state index contributed by atoms with van der Waals surface area (Å²) in [5, 5.41) is 0. The molecule has 9 unspecified atom stereocenters. The zero-order chi connectivity index (χ0) is 57.2. The minimum Gasteiger partial charge on any atom is -0.462 e. The third-order valence-corrected chi connectivity index (χ3v) is 15.9. The number of esters is 5. The Kier molecular flexibility index (Phi) is 38.5. The van der Waals surface area contributed by atoms with E-state index in [0.717, 1.165) is 77.0 Å². The van der Waals surface area contributed by atoms with Crippen molar-refractivity contribution in [3.63, 3.8) is 0 Å². The predicted molar refractivity (Wildman–Crippen MR) is 312 cm³/mol. The van der Waals surface area contributed by atoms with Crippen LogP contribution in [-0.2, 0) is 47.7 Å². The Bertz CT molecular complexity index is 1610. The van der Waals surface area contributed by atoms with Crippen molar-refractivity contribution in [3.05, 3.63) is 11.5 Å². The van der Waals surface area contributed by atoms with E-state index in [1.807, 2.05) is 27.7 Å². The van der Waals surface area contributed by atoms with E-state index in [1.54, 1.807) is 0 Å². The molecule has 444 valence electrons. The maximum absolute atomic E-state index is 13.9. The van der Waals surface area contributed by atoms with Crippen molar-refractivity contribution in [2.24, 2.45) is 71.0 Å². The van der Waals surface area contributed by atoms with E-state index in [0.29, 0.717) is 47.3 Å². The standard InChI is InChI=1S/C66H120O10/c1-46(2)25-17-29-50(9)33-21-37-54(13)41-59(67)72-45-58(73-60(68)42-55(14)38-22-34-51(10)30-18-26-47(3)4)63-64(74-61(69)43-56(15)39-23-35-52(11)31-19-27-48(5)6)65(66(71)76-63)75-62(70)44-57(16)40-24-36-53(12)32-20-28-49(7)8/h46-58,63H,17-45H2,1-16H3/t50?,51?,52?,53?,54?,55?,56?,57?,58-,63?/m1/s1. The van der Waals surface area contributed by atoms with E-state index < -0.39 is 54.4 Å². The smallest absolute Gasteiger partial charge is 0.379 e. The molecule has 1 heterocycles. The average molecular weight is 1070 g/mol. The fourth-order valence-corrected chi connectivity index (χ4v) is 10.7. The Morgan fingerprint density at radius 1 is 0.368 bits per heavy atom. The van der Waals surface area contributed by atoms with Gasteiger partial charge in [-0.05, 0) is 71.0 Å². The zero-order valence-electron chi connectivity index (χ0n) is 52.2. The molecule has 76 heavy (non-hydrogen) atoms. The Morgan fingerprint density at radius 3 is 0.974 bits per heavy atom. The quantitative estimate of drug-likeness (QED) is 0.0429. The third kappa shape index (κ3) is 36.3. The Hall–Kier alpha value is -2.91. The zero-order valence-corrected chi connectivity index (χ0v) is 52.2. The van der Waals surface area contributed by atoms with Crippen LogP contribution in [0.2, 0.25) is 0 Å². The summed E-state index contributed by atoms with van der Waals surface area (Å²) in [6, 6.07) is 0. The van der Waals surface area contributed by atoms with Gasteiger partial charge in [0, 0.05) is 25.7 Å². The van der Waals surface area contributed by atoms with Gasteiger partial charge in [0.25, 0.3) is 5.76 Å². The van der Waals surface area contributed by atoms with Crippen LogP contribution in [0.4, 0.5) is 0 Å². The first-order valence-corrected chi connectivity index (χ1v) is 31.6. The molecule has 0 bridgehead atoms. The summed E-state index contributed by atoms with van der Waals surface area (Å²) in [6.45, 7) is 34.9. The molecule has 10 heteroatoms. The summed E-state index contributed by atoms with van der Waals surface area (Å²) < 4.78 is 29.7. The van der Waals surface area contributed by atoms with Gasteiger partial charge >= 0.3 is 29.8 Å². The highest BCUT2D eigenvalue weighted by Crippen LogP contribution is 2.33. The largest absolute Gasteiger partial charge is 0.462 e. The van der Waals surface area contributed by atoms with E-state index >= 15 is 0 Å². The first-order valence-electron chi connectivity index (χ1n) is 31.6. The summed E-state index contributed by atoms with van der Waals surface area (Å²) in [7, 11) is 0. The summed E-state index contributed by atoms with van der Waals surface area (Å²) in [4.78, 5) is 68.9. The molecule has 0 fully saturated rings. The number of hydrogen-bond donors (Lipinski definition) is 0. The molecule has 0 aromatic heterocycles. The van der Waals surface area contributed by atoms with Crippen LogP contribution in [0.1, 0.15) is 291 Å². The lowest BCUT2D eigenvalue weighted by molar-refractivity contribution is -0.173. The Morgan fingerprint density at radius 2 is 0.645 bits per heavy atom. The SMILES string of the molecule is CC(C)CCCC(C)CCCC(C)CC(=O)OC[C@@H](OC(=O)CC(C)CCCC(C)CCCC(C)C)C1OC(=O)C(OC(=O)CC(C)CCCC(C)CCCC(C)C)=C1OC(=O)CC(C)CCCC(C)CCCC(C)C. The van der Waals surface area contributed by atoms with Crippen LogP contribution in [0.5, 0.6) is 0 Å². The van der Waals surface area contributed by atoms with Crippen LogP contribution in [0.25, 0.3) is 0 Å². The molecule has 0 N–H and O–H groups in total. The van der Waals surface area contributed by atoms with E-state index in [1.165, 1.54) is 77.0 Å². The van der Waals surface area contributed by atoms with Gasteiger partial charge in [-0.2, -0.15) is 0 Å². The normalized spacial score (nSPS) is 17.6. The molecule has 0 saturated heterocycles. The van der Waals surface area contributed by atoms with Crippen molar-refractivity contribution < 1.29 is 47.7 Å². The van der Waals surface area contributed by atoms with Crippen LogP contribution < -0.4 is 0 Å². The number of carbonyl (C=O) groups excluding carboxylic acids is 5. The van der Waals surface area contributed by atoms with Crippen LogP contribution in [0.15, 0.2) is 11.5 Å². The van der Waals surface area contributed by atoms with Crippen molar-refractivity contribution in [1.29, 1.82) is 0 Å². The van der Waals surface area contributed by atoms with Crippen LogP contribution in [-0.4, -0.2) is 48.7 Å². The summed E-state index contributed by atoms with van der Waals surface area (Å²) in [5.41, 5.74) is 0. The molecule has 10 atom stereocenters. The lowest BCUT2D eigenvalue weighted by Gasteiger charge is -2.25. The van der Waals surface area contributed by atoms with Crippen molar-refractivity contribution in [2.75, 3.05) is 6.61 Å². The van der Waals surface area contributed by atoms with Gasteiger partial charge in [0.15, 0.2) is 6.10 Å². The van der Waals surface area contributed by atoms with Crippen molar-refractivity contribution in [3.8, 4) is 0 Å². The third-order valence-electron chi connectivity index (χ3n) is 15.9. The maximum atomic E-state index is 13.9. The van der Waals surface area contributed by atoms with E-state index in [9.17, 15) is 24.0 Å². The monoisotopic (exact) mass is 1070 g/mol. The van der Waals surface area contributed by atoms with Crippen molar-refractivity contribution in [1.82, 2.24) is 0 Å². The van der Waals surface area contributed by atoms with Gasteiger partial charge in [-0.15, -0.1) is 0 Å². The van der Waals surface area contributed by atoms with E-state index in [2.05, 4.69) is 83.1 Å². The van der Waals surface area contributed by atoms with Crippen LogP contribution in [0.3, 0.4) is 0 Å². The minimum atomic E-state index is -1.48. The second kappa shape index (κ2) is 41.2. The van der Waals surface area contributed by atoms with E-state index in [4.69, 9.17) is 23.7 Å². The number of rotatable bonds is 46. The average Bonchev–Trinajstić information content (AvgIpc) is 3.59. The molecule has 0 saturated carbocycles. The molecule has 0 amide bonds. The topological polar surface area (TPSA) is 132 Å². The lowest BCUT2D eigenvalue weighted by Crippen LogP contribution is -2.39. The van der Waals surface area contributed by atoms with Crippen LogP contribution in [0, 0.1) is 71.0 Å². The fourth-order valence-electron chi connectivity index (χ4n) is 10.7. The van der Waals surface area contributed by atoms with Gasteiger partial charge in [0.1, 0.15) is 6.61 Å². The second-order valence-electron chi connectivity index (χ2n) is 26.9. The molecular formula is C66H120O10. The first-order chi connectivity index (χ1) is 35.8. The maximum Gasteiger partial charge on any atom is 0.379 e. The van der Waals surface area contributed by atoms with E-state index in [-0.39, 0.29) is 55.1 Å². The number of hydrogen-bond acceptors (Lipinski definition) is 10. The van der Waals surface area contributed by atoms with Crippen LogP contribution >= 0.6 is 0 Å². The molecule has 0 spiro atoms. The first kappa shape index (κ1) is 71.1. The highest BCUT2D eigenvalue weighted by atomic mass is 16.7. The van der Waals surface area contributed by atoms with Gasteiger partial charge in [0.05, 0.1) is 0 Å². The minimum absolute atomic E-state index is 0.00686. The predicted octanol–water partition coefficient (Wildman–Crippen LogP) is 18.3. The molecule has 1 aliphatic rings. The number of ether oxygens (including phenoxy) is 5. The van der Waals surface area contributed by atoms with Gasteiger partial charge < -0.3 is 23.7 Å². The van der Waals surface area contributed by atoms with Gasteiger partial charge in [0.2, 0.25) is 11.9 Å². The molecule has 0 aliphatic carbocycles. The fraction of sp³-hybridized carbons (Fsp3) is 0.894. The lowest BCUT2D eigenvalue weighted by atomic mass is 9.92. The van der Waals surface area contributed by atoms with Crippen molar-refractivity contribution >= 4 is 29.8 Å². The molecule has 1 aliphatic heterocycles. The molecule has 0 radical (unpaired) electrons. The number of cyclic esters (lactones) is 1. The molecule has 10 nitrogen and oxygen atoms in total. The Balaban J connectivity index is 3.36. The Labute approximate surface area is 467 Å². The van der Waals surface area contributed by atoms with Gasteiger partial charge in [-0.25, -0.2) is 4.79 Å². The van der Waals surface area contributed by atoms with Gasteiger partial charge in [-0.1, -0.05) is 265 Å². The summed E-state index contributed by atoms with van der Waals surface area (Å²) >= 11 is 0. The highest BCUT2D eigenvalue weighted by molar-refractivity contribution is 5.93. The second-order valence-corrected chi connectivity index (χ2v) is 26.9. The molecule has 0 aromatic rings. The summed E-state index contributed by atoms with van der Waals surface area (Å²) in [6.07, 6.45) is 23.7. The molecule has 0 aromatic carbocycles. The molecular weight excluding hydrogens is 953 g/mol. The van der Waals surface area contributed by atoms with Gasteiger partial charge in [-0.3, -0.25) is 19.2 Å². The molecule has 1 rings (SSSR count). The number of carbonyl (C=O) groups is 5. The van der Waals surface area contributed by atoms with Crippen molar-refractivity contribution in [2.45, 2.75) is 303 Å².